The molecule has 0 aliphatic carbocycles. The molecule has 2 N–H and O–H groups in total. The van der Waals surface area contributed by atoms with Gasteiger partial charge in [-0.1, -0.05) is 39.0 Å². The molecule has 0 bridgehead atoms. The summed E-state index contributed by atoms with van der Waals surface area (Å²) in [5, 5.41) is 6.36. The predicted molar refractivity (Wildman–Crippen MR) is 109 cm³/mol. The molecule has 0 aliphatic heterocycles. The molecule has 0 radical (unpaired) electrons. The number of rotatable bonds is 7. The normalized spacial score (nSPS) is 11.5. The first-order valence-corrected chi connectivity index (χ1v) is 9.03. The summed E-state index contributed by atoms with van der Waals surface area (Å²) >= 11 is 0. The van der Waals surface area contributed by atoms with E-state index in [0.717, 1.165) is 36.4 Å². The molecule has 140 valence electrons. The van der Waals surface area contributed by atoms with Crippen molar-refractivity contribution in [3.05, 3.63) is 53.9 Å². The second-order valence-corrected chi connectivity index (χ2v) is 7.76. The summed E-state index contributed by atoms with van der Waals surface area (Å²) in [6.45, 7) is 8.28. The van der Waals surface area contributed by atoms with Gasteiger partial charge in [-0.3, -0.25) is 9.78 Å². The minimum Gasteiger partial charge on any atom is -0.385 e. The Hall–Kier alpha value is -2.40. The van der Waals surface area contributed by atoms with E-state index in [1.165, 1.54) is 0 Å². The van der Waals surface area contributed by atoms with Gasteiger partial charge in [-0.2, -0.15) is 0 Å². The summed E-state index contributed by atoms with van der Waals surface area (Å²) in [7, 11) is 4.12. The standard InChI is InChI=1S/C21H30N4O/c1-21(2,3)17-9-6-7-10-18(17)24-20(26)19-15-16(11-13-23-19)22-12-8-14-25(4)5/h6-7,9-11,13,15H,8,12,14H2,1-5H3,(H,22,23)(H,24,26). The van der Waals surface area contributed by atoms with E-state index in [4.69, 9.17) is 0 Å². The molecule has 1 amide bonds. The SMILES string of the molecule is CN(C)CCCNc1ccnc(C(=O)Nc2ccccc2C(C)(C)C)c1. The molecule has 0 atom stereocenters. The molecule has 2 aromatic rings. The first kappa shape index (κ1) is 19.9. The fourth-order valence-electron chi connectivity index (χ4n) is 2.73. The maximum absolute atomic E-state index is 12.7. The van der Waals surface area contributed by atoms with E-state index in [0.29, 0.717) is 5.69 Å². The summed E-state index contributed by atoms with van der Waals surface area (Å²) in [6.07, 6.45) is 2.70. The van der Waals surface area contributed by atoms with Crippen molar-refractivity contribution in [1.82, 2.24) is 9.88 Å². The molecule has 0 aliphatic rings. The van der Waals surface area contributed by atoms with Gasteiger partial charge in [0.05, 0.1) is 0 Å². The maximum atomic E-state index is 12.7. The van der Waals surface area contributed by atoms with Crippen LogP contribution in [0.1, 0.15) is 43.2 Å². The number of anilines is 2. The molecule has 1 aromatic heterocycles. The Kier molecular flexibility index (Phi) is 6.75. The highest BCUT2D eigenvalue weighted by Crippen LogP contribution is 2.29. The van der Waals surface area contributed by atoms with Crippen LogP contribution in [0.4, 0.5) is 11.4 Å². The predicted octanol–water partition coefficient (Wildman–Crippen LogP) is 4.00. The Morgan fingerprint density at radius 3 is 2.58 bits per heavy atom. The van der Waals surface area contributed by atoms with E-state index in [1.807, 2.05) is 30.3 Å². The molecule has 0 fully saturated rings. The van der Waals surface area contributed by atoms with E-state index in [-0.39, 0.29) is 11.3 Å². The minimum atomic E-state index is -0.196. The third kappa shape index (κ3) is 5.85. The van der Waals surface area contributed by atoms with Crippen LogP contribution in [-0.4, -0.2) is 43.0 Å². The van der Waals surface area contributed by atoms with Crippen LogP contribution < -0.4 is 10.6 Å². The van der Waals surface area contributed by atoms with Crippen molar-refractivity contribution in [3.8, 4) is 0 Å². The second-order valence-electron chi connectivity index (χ2n) is 7.76. The lowest BCUT2D eigenvalue weighted by atomic mass is 9.86. The molecule has 1 heterocycles. The van der Waals surface area contributed by atoms with Gasteiger partial charge in [-0.05, 0) is 56.2 Å². The quantitative estimate of drug-likeness (QED) is 0.738. The molecule has 2 rings (SSSR count). The van der Waals surface area contributed by atoms with Crippen LogP contribution in [0.3, 0.4) is 0 Å². The first-order valence-electron chi connectivity index (χ1n) is 9.03. The Morgan fingerprint density at radius 1 is 1.15 bits per heavy atom. The smallest absolute Gasteiger partial charge is 0.274 e. The van der Waals surface area contributed by atoms with E-state index in [9.17, 15) is 4.79 Å². The fraction of sp³-hybridized carbons (Fsp3) is 0.429. The molecule has 1 aromatic carbocycles. The van der Waals surface area contributed by atoms with Gasteiger partial charge in [-0.25, -0.2) is 0 Å². The van der Waals surface area contributed by atoms with Gasteiger partial charge in [-0.15, -0.1) is 0 Å². The zero-order valence-corrected chi connectivity index (χ0v) is 16.5. The zero-order valence-electron chi connectivity index (χ0n) is 16.5. The van der Waals surface area contributed by atoms with Crippen molar-refractivity contribution >= 4 is 17.3 Å². The van der Waals surface area contributed by atoms with Crippen LogP contribution in [0.15, 0.2) is 42.6 Å². The van der Waals surface area contributed by atoms with Gasteiger partial charge in [0.15, 0.2) is 0 Å². The zero-order chi connectivity index (χ0) is 19.2. The van der Waals surface area contributed by atoms with Crippen LogP contribution in [0.2, 0.25) is 0 Å². The molecular weight excluding hydrogens is 324 g/mol. The number of carbonyl (C=O) groups is 1. The van der Waals surface area contributed by atoms with Gasteiger partial charge in [0.2, 0.25) is 0 Å². The third-order valence-electron chi connectivity index (χ3n) is 4.09. The average Bonchev–Trinajstić information content (AvgIpc) is 2.58. The summed E-state index contributed by atoms with van der Waals surface area (Å²) < 4.78 is 0. The van der Waals surface area contributed by atoms with E-state index < -0.39 is 0 Å². The highest BCUT2D eigenvalue weighted by Gasteiger charge is 2.19. The van der Waals surface area contributed by atoms with Gasteiger partial charge in [0.1, 0.15) is 5.69 Å². The molecule has 0 saturated carbocycles. The number of hydrogen-bond donors (Lipinski definition) is 2. The van der Waals surface area contributed by atoms with Gasteiger partial charge in [0.25, 0.3) is 5.91 Å². The summed E-state index contributed by atoms with van der Waals surface area (Å²) in [5.74, 6) is -0.196. The molecule has 5 nitrogen and oxygen atoms in total. The number of para-hydroxylation sites is 1. The third-order valence-corrected chi connectivity index (χ3v) is 4.09. The van der Waals surface area contributed by atoms with Crippen molar-refractivity contribution in [3.63, 3.8) is 0 Å². The number of carbonyl (C=O) groups excluding carboxylic acids is 1. The molecule has 0 unspecified atom stereocenters. The maximum Gasteiger partial charge on any atom is 0.274 e. The number of benzene rings is 1. The Bertz CT molecular complexity index is 735. The molecule has 0 spiro atoms. The van der Waals surface area contributed by atoms with E-state index in [2.05, 4.69) is 55.4 Å². The Labute approximate surface area is 156 Å². The van der Waals surface area contributed by atoms with Gasteiger partial charge >= 0.3 is 0 Å². The monoisotopic (exact) mass is 354 g/mol. The summed E-state index contributed by atoms with van der Waals surface area (Å²) in [5.41, 5.74) is 3.20. The highest BCUT2D eigenvalue weighted by atomic mass is 16.1. The Balaban J connectivity index is 2.06. The topological polar surface area (TPSA) is 57.3 Å². The molecule has 0 saturated heterocycles. The van der Waals surface area contributed by atoms with E-state index in [1.54, 1.807) is 12.3 Å². The van der Waals surface area contributed by atoms with Crippen molar-refractivity contribution in [2.45, 2.75) is 32.6 Å². The largest absolute Gasteiger partial charge is 0.385 e. The van der Waals surface area contributed by atoms with Crippen LogP contribution in [0.25, 0.3) is 0 Å². The van der Waals surface area contributed by atoms with Gasteiger partial charge in [0, 0.05) is 24.1 Å². The van der Waals surface area contributed by atoms with Crippen LogP contribution in [0.5, 0.6) is 0 Å². The fourth-order valence-corrected chi connectivity index (χ4v) is 2.73. The number of nitrogens with one attached hydrogen (secondary N) is 2. The first-order chi connectivity index (χ1) is 12.3. The van der Waals surface area contributed by atoms with Crippen molar-refractivity contribution in [2.24, 2.45) is 0 Å². The number of amides is 1. The number of hydrogen-bond acceptors (Lipinski definition) is 4. The Morgan fingerprint density at radius 2 is 1.88 bits per heavy atom. The van der Waals surface area contributed by atoms with Crippen molar-refractivity contribution in [1.29, 1.82) is 0 Å². The number of nitrogens with zero attached hydrogens (tertiary/aromatic N) is 2. The van der Waals surface area contributed by atoms with Crippen molar-refractivity contribution in [2.75, 3.05) is 37.8 Å². The highest BCUT2D eigenvalue weighted by molar-refractivity contribution is 6.03. The number of pyridine rings is 1. The molecule has 5 heteroatoms. The lowest BCUT2D eigenvalue weighted by molar-refractivity contribution is 0.102. The van der Waals surface area contributed by atoms with Crippen LogP contribution >= 0.6 is 0 Å². The minimum absolute atomic E-state index is 0.0485. The summed E-state index contributed by atoms with van der Waals surface area (Å²) in [4.78, 5) is 19.0. The van der Waals surface area contributed by atoms with Crippen LogP contribution in [0, 0.1) is 0 Å². The average molecular weight is 354 g/mol. The lowest BCUT2D eigenvalue weighted by Crippen LogP contribution is -2.19. The van der Waals surface area contributed by atoms with Crippen LogP contribution in [-0.2, 0) is 5.41 Å². The van der Waals surface area contributed by atoms with Gasteiger partial charge < -0.3 is 15.5 Å². The number of aromatic nitrogens is 1. The lowest BCUT2D eigenvalue weighted by Gasteiger charge is -2.23. The molecular formula is C21H30N4O. The van der Waals surface area contributed by atoms with E-state index >= 15 is 0 Å². The second kappa shape index (κ2) is 8.81. The van der Waals surface area contributed by atoms with Crippen molar-refractivity contribution < 1.29 is 4.79 Å². The summed E-state index contributed by atoms with van der Waals surface area (Å²) in [6, 6.07) is 11.6. The molecule has 26 heavy (non-hydrogen) atoms.